The van der Waals surface area contributed by atoms with Gasteiger partial charge in [0.05, 0.1) is 11.2 Å². The van der Waals surface area contributed by atoms with E-state index in [9.17, 15) is 0 Å². The molecule has 0 fully saturated rings. The van der Waals surface area contributed by atoms with Crippen molar-refractivity contribution < 1.29 is 0 Å². The summed E-state index contributed by atoms with van der Waals surface area (Å²) >= 11 is 0. The molecular formula is C18H16N4. The van der Waals surface area contributed by atoms with E-state index in [1.807, 2.05) is 28.9 Å². The van der Waals surface area contributed by atoms with Crippen molar-refractivity contribution in [1.29, 1.82) is 0 Å². The lowest BCUT2D eigenvalue weighted by atomic mass is 9.89. The Morgan fingerprint density at radius 2 is 1.64 bits per heavy atom. The van der Waals surface area contributed by atoms with E-state index < -0.39 is 0 Å². The number of rotatable bonds is 2. The highest BCUT2D eigenvalue weighted by Gasteiger charge is 2.32. The van der Waals surface area contributed by atoms with Gasteiger partial charge in [0.2, 0.25) is 5.95 Å². The fourth-order valence-electron chi connectivity index (χ4n) is 2.86. The molecule has 0 spiro atoms. The van der Waals surface area contributed by atoms with E-state index in [4.69, 9.17) is 0 Å². The first-order valence-electron chi connectivity index (χ1n) is 7.29. The quantitative estimate of drug-likeness (QED) is 0.784. The number of aromatic nitrogens is 3. The maximum Gasteiger partial charge on any atom is 0.226 e. The third-order valence-electron chi connectivity index (χ3n) is 4.02. The van der Waals surface area contributed by atoms with Crippen LogP contribution in [0.1, 0.15) is 18.1 Å². The predicted octanol–water partition coefficient (Wildman–Crippen LogP) is 3.51. The smallest absolute Gasteiger partial charge is 0.226 e. The summed E-state index contributed by atoms with van der Waals surface area (Å²) < 4.78 is 1.85. The Labute approximate surface area is 129 Å². The molecule has 1 aromatic heterocycles. The molecule has 0 unspecified atom stereocenters. The minimum Gasteiger partial charge on any atom is -0.341 e. The van der Waals surface area contributed by atoms with Gasteiger partial charge in [-0.1, -0.05) is 60.7 Å². The summed E-state index contributed by atoms with van der Waals surface area (Å²) in [6.45, 7) is 2.16. The number of nitrogens with zero attached hydrogens (tertiary/aromatic N) is 3. The van der Waals surface area contributed by atoms with Crippen LogP contribution in [0.25, 0.3) is 5.70 Å². The zero-order valence-corrected chi connectivity index (χ0v) is 12.3. The average molecular weight is 288 g/mol. The Morgan fingerprint density at radius 3 is 2.36 bits per heavy atom. The number of benzene rings is 2. The lowest BCUT2D eigenvalue weighted by molar-refractivity contribution is 0.650. The second kappa shape index (κ2) is 4.84. The van der Waals surface area contributed by atoms with Gasteiger partial charge in [0.1, 0.15) is 6.33 Å². The molecule has 2 aromatic carbocycles. The monoisotopic (exact) mass is 288 g/mol. The topological polar surface area (TPSA) is 42.7 Å². The van der Waals surface area contributed by atoms with Crippen LogP contribution in [0.2, 0.25) is 0 Å². The van der Waals surface area contributed by atoms with Crippen molar-refractivity contribution in [1.82, 2.24) is 14.8 Å². The normalized spacial score (nSPS) is 20.0. The van der Waals surface area contributed by atoms with Gasteiger partial charge >= 0.3 is 0 Å². The summed E-state index contributed by atoms with van der Waals surface area (Å²) in [5.41, 5.74) is 3.03. The Hall–Kier alpha value is -2.88. The van der Waals surface area contributed by atoms with E-state index in [-0.39, 0.29) is 5.54 Å². The molecule has 4 rings (SSSR count). The minimum atomic E-state index is -0.324. The van der Waals surface area contributed by atoms with E-state index in [2.05, 4.69) is 64.8 Å². The van der Waals surface area contributed by atoms with Crippen LogP contribution in [0, 0.1) is 0 Å². The van der Waals surface area contributed by atoms with Gasteiger partial charge in [0, 0.05) is 5.56 Å². The van der Waals surface area contributed by atoms with Crippen molar-refractivity contribution >= 4 is 11.6 Å². The summed E-state index contributed by atoms with van der Waals surface area (Å²) in [4.78, 5) is 4.35. The van der Waals surface area contributed by atoms with Crippen LogP contribution in [0.15, 0.2) is 73.1 Å². The molecule has 1 atom stereocenters. The maximum absolute atomic E-state index is 4.35. The second-order valence-electron chi connectivity index (χ2n) is 5.58. The van der Waals surface area contributed by atoms with Crippen LogP contribution in [0.3, 0.4) is 0 Å². The van der Waals surface area contributed by atoms with Crippen LogP contribution in [0.5, 0.6) is 0 Å². The summed E-state index contributed by atoms with van der Waals surface area (Å²) in [7, 11) is 0. The molecule has 1 aliphatic rings. The summed E-state index contributed by atoms with van der Waals surface area (Å²) in [5.74, 6) is 0.757. The third kappa shape index (κ3) is 2.00. The van der Waals surface area contributed by atoms with Gasteiger partial charge in [0.25, 0.3) is 0 Å². The van der Waals surface area contributed by atoms with E-state index in [0.717, 1.165) is 17.2 Å². The molecular weight excluding hydrogens is 272 g/mol. The molecule has 0 radical (unpaired) electrons. The van der Waals surface area contributed by atoms with Gasteiger partial charge in [-0.15, -0.1) is 0 Å². The minimum absolute atomic E-state index is 0.324. The van der Waals surface area contributed by atoms with Gasteiger partial charge in [0.15, 0.2) is 0 Å². The van der Waals surface area contributed by atoms with Crippen molar-refractivity contribution in [3.05, 3.63) is 84.2 Å². The molecule has 108 valence electrons. The third-order valence-corrected chi connectivity index (χ3v) is 4.02. The Morgan fingerprint density at radius 1 is 0.955 bits per heavy atom. The lowest BCUT2D eigenvalue weighted by Gasteiger charge is -2.33. The van der Waals surface area contributed by atoms with Gasteiger partial charge in [-0.05, 0) is 18.6 Å². The van der Waals surface area contributed by atoms with Gasteiger partial charge in [-0.3, -0.25) is 0 Å². The molecule has 2 heterocycles. The van der Waals surface area contributed by atoms with E-state index in [0.29, 0.717) is 0 Å². The fourth-order valence-corrected chi connectivity index (χ4v) is 2.86. The van der Waals surface area contributed by atoms with E-state index in [1.165, 1.54) is 5.56 Å². The maximum atomic E-state index is 4.35. The molecule has 1 N–H and O–H groups in total. The number of hydrogen-bond acceptors (Lipinski definition) is 3. The van der Waals surface area contributed by atoms with Crippen molar-refractivity contribution in [3.63, 3.8) is 0 Å². The zero-order valence-electron chi connectivity index (χ0n) is 12.3. The van der Waals surface area contributed by atoms with Crippen LogP contribution in [-0.4, -0.2) is 14.8 Å². The Balaban J connectivity index is 1.90. The number of anilines is 1. The first-order chi connectivity index (χ1) is 10.8. The van der Waals surface area contributed by atoms with Gasteiger partial charge in [-0.25, -0.2) is 0 Å². The molecule has 22 heavy (non-hydrogen) atoms. The number of nitrogens with one attached hydrogen (secondary N) is 1. The molecule has 0 saturated heterocycles. The standard InChI is InChI=1S/C18H16N4/c1-18(15-10-6-3-7-11-15)12-16(14-8-4-2-5-9-14)22-17(21-18)19-13-20-22/h2-13H,1H3,(H,19,20,21)/t18-/m1/s1. The lowest BCUT2D eigenvalue weighted by Crippen LogP contribution is -2.35. The summed E-state index contributed by atoms with van der Waals surface area (Å²) in [6, 6.07) is 20.7. The first-order valence-corrected chi connectivity index (χ1v) is 7.29. The van der Waals surface area contributed by atoms with Crippen LogP contribution < -0.4 is 5.32 Å². The van der Waals surface area contributed by atoms with Crippen LogP contribution >= 0.6 is 0 Å². The van der Waals surface area contributed by atoms with Crippen molar-refractivity contribution in [2.45, 2.75) is 12.5 Å². The molecule has 0 aliphatic carbocycles. The largest absolute Gasteiger partial charge is 0.341 e. The van der Waals surface area contributed by atoms with Crippen molar-refractivity contribution in [3.8, 4) is 0 Å². The fraction of sp³-hybridized carbons (Fsp3) is 0.111. The van der Waals surface area contributed by atoms with Crippen LogP contribution in [0.4, 0.5) is 5.95 Å². The van der Waals surface area contributed by atoms with Crippen LogP contribution in [-0.2, 0) is 5.54 Å². The SMILES string of the molecule is C[C@]1(c2ccccc2)C=C(c2ccccc2)n2ncnc2N1. The second-order valence-corrected chi connectivity index (χ2v) is 5.58. The summed E-state index contributed by atoms with van der Waals surface area (Å²) in [6.07, 6.45) is 3.79. The molecule has 4 nitrogen and oxygen atoms in total. The highest BCUT2D eigenvalue weighted by molar-refractivity contribution is 5.72. The molecule has 0 bridgehead atoms. The summed E-state index contributed by atoms with van der Waals surface area (Å²) in [5, 5.41) is 7.83. The van der Waals surface area contributed by atoms with Crippen molar-refractivity contribution in [2.24, 2.45) is 0 Å². The number of fused-ring (bicyclic) bond motifs is 1. The van der Waals surface area contributed by atoms with Gasteiger partial charge < -0.3 is 5.32 Å². The molecule has 3 aromatic rings. The average Bonchev–Trinajstić information content (AvgIpc) is 3.04. The Kier molecular flexibility index (Phi) is 2.82. The highest BCUT2D eigenvalue weighted by atomic mass is 15.4. The van der Waals surface area contributed by atoms with Crippen molar-refractivity contribution in [2.75, 3.05) is 5.32 Å². The molecule has 0 saturated carbocycles. The molecule has 1 aliphatic heterocycles. The van der Waals surface area contributed by atoms with Gasteiger partial charge in [-0.2, -0.15) is 14.8 Å². The first kappa shape index (κ1) is 12.8. The highest BCUT2D eigenvalue weighted by Crippen LogP contribution is 2.35. The van der Waals surface area contributed by atoms with E-state index >= 15 is 0 Å². The molecule has 4 heteroatoms. The predicted molar refractivity (Wildman–Crippen MR) is 87.3 cm³/mol. The number of hydrogen-bond donors (Lipinski definition) is 1. The Bertz CT molecular complexity index is 821. The zero-order chi connectivity index (χ0) is 15.0. The van der Waals surface area contributed by atoms with E-state index in [1.54, 1.807) is 6.33 Å². The molecule has 0 amide bonds.